The van der Waals surface area contributed by atoms with Gasteiger partial charge in [0.25, 0.3) is 11.4 Å². The van der Waals surface area contributed by atoms with Gasteiger partial charge in [-0.25, -0.2) is 0 Å². The van der Waals surface area contributed by atoms with Gasteiger partial charge < -0.3 is 4.90 Å². The highest BCUT2D eigenvalue weighted by Crippen LogP contribution is 2.46. The predicted octanol–water partition coefficient (Wildman–Crippen LogP) is 5.26. The molecule has 1 unspecified atom stereocenters. The van der Waals surface area contributed by atoms with E-state index in [2.05, 4.69) is 30.0 Å². The number of benzene rings is 2. The lowest BCUT2D eigenvalue weighted by Crippen LogP contribution is -2.39. The van der Waals surface area contributed by atoms with Crippen LogP contribution < -0.4 is 4.90 Å². The minimum Gasteiger partial charge on any atom is -0.361 e. The Kier molecular flexibility index (Phi) is 4.98. The predicted molar refractivity (Wildman–Crippen MR) is 111 cm³/mol. The van der Waals surface area contributed by atoms with Gasteiger partial charge in [-0.3, -0.25) is 20.2 Å². The summed E-state index contributed by atoms with van der Waals surface area (Å²) >= 11 is 0. The van der Waals surface area contributed by atoms with Crippen molar-refractivity contribution < 1.29 is 9.85 Å². The molecule has 0 saturated heterocycles. The first kappa shape index (κ1) is 19.4. The van der Waals surface area contributed by atoms with Gasteiger partial charge in [-0.1, -0.05) is 44.0 Å². The highest BCUT2D eigenvalue weighted by Gasteiger charge is 2.41. The molecule has 29 heavy (non-hydrogen) atoms. The molecule has 1 fully saturated rings. The van der Waals surface area contributed by atoms with Crippen LogP contribution in [0.2, 0.25) is 0 Å². The number of nitro benzene ring substituents is 2. The van der Waals surface area contributed by atoms with Gasteiger partial charge in [0, 0.05) is 19.2 Å². The van der Waals surface area contributed by atoms with Gasteiger partial charge in [-0.2, -0.15) is 0 Å². The van der Waals surface area contributed by atoms with Crippen LogP contribution in [0.1, 0.15) is 43.7 Å². The molecular formula is C22H25N3O4. The monoisotopic (exact) mass is 395 g/mol. The van der Waals surface area contributed by atoms with E-state index >= 15 is 0 Å². The molecule has 7 heteroatoms. The average molecular weight is 395 g/mol. The molecule has 0 N–H and O–H groups in total. The van der Waals surface area contributed by atoms with Gasteiger partial charge in [0.05, 0.1) is 15.9 Å². The van der Waals surface area contributed by atoms with Crippen molar-refractivity contribution in [1.82, 2.24) is 0 Å². The zero-order valence-electron chi connectivity index (χ0n) is 16.5. The average Bonchev–Trinajstić information content (AvgIpc) is 3.19. The lowest BCUT2D eigenvalue weighted by molar-refractivity contribution is -0.393. The Hall–Kier alpha value is -2.96. The molecule has 152 valence electrons. The van der Waals surface area contributed by atoms with Gasteiger partial charge in [0.2, 0.25) is 0 Å². The quantitative estimate of drug-likeness (QED) is 0.520. The molecule has 2 aliphatic rings. The van der Waals surface area contributed by atoms with E-state index in [0.717, 1.165) is 12.5 Å². The summed E-state index contributed by atoms with van der Waals surface area (Å²) in [4.78, 5) is 23.8. The van der Waals surface area contributed by atoms with Crippen LogP contribution in [0, 0.1) is 31.6 Å². The highest BCUT2D eigenvalue weighted by atomic mass is 16.6. The van der Waals surface area contributed by atoms with Crippen LogP contribution in [0.5, 0.6) is 0 Å². The number of non-ortho nitro benzene ring substituents is 1. The van der Waals surface area contributed by atoms with Crippen molar-refractivity contribution in [2.75, 3.05) is 11.4 Å². The van der Waals surface area contributed by atoms with Crippen molar-refractivity contribution in [3.05, 3.63) is 73.8 Å². The first-order valence-electron chi connectivity index (χ1n) is 10.1. The molecule has 0 spiro atoms. The van der Waals surface area contributed by atoms with E-state index in [1.807, 2.05) is 6.07 Å². The smallest absolute Gasteiger partial charge is 0.299 e. The third kappa shape index (κ3) is 3.69. The summed E-state index contributed by atoms with van der Waals surface area (Å²) in [5.41, 5.74) is 2.47. The van der Waals surface area contributed by atoms with Crippen LogP contribution in [0.3, 0.4) is 0 Å². The van der Waals surface area contributed by atoms with E-state index in [4.69, 9.17) is 0 Å². The third-order valence-corrected chi connectivity index (χ3v) is 6.67. The largest absolute Gasteiger partial charge is 0.361 e. The summed E-state index contributed by atoms with van der Waals surface area (Å²) in [7, 11) is 0. The number of fused-ring (bicyclic) bond motifs is 1. The number of nitro groups is 2. The van der Waals surface area contributed by atoms with Crippen LogP contribution in [0.15, 0.2) is 42.5 Å². The third-order valence-electron chi connectivity index (χ3n) is 6.67. The minimum atomic E-state index is -0.586. The summed E-state index contributed by atoms with van der Waals surface area (Å²) in [6, 6.07) is 12.3. The van der Waals surface area contributed by atoms with Gasteiger partial charge >= 0.3 is 0 Å². The standard InChI is InChI=1S/C22H25N3O4/c1-22(18-8-4-5-9-18)13-16-6-2-3-7-17(16)14-23(15-22)20-11-10-19(24(26)27)12-21(20)25(28)29/h2-3,6-7,10-12,18H,4-5,8-9,13-15H2,1H3. The topological polar surface area (TPSA) is 89.5 Å². The van der Waals surface area contributed by atoms with Crippen LogP contribution in [-0.2, 0) is 13.0 Å². The highest BCUT2D eigenvalue weighted by molar-refractivity contribution is 5.67. The maximum Gasteiger partial charge on any atom is 0.299 e. The van der Waals surface area contributed by atoms with Crippen molar-refractivity contribution in [2.45, 2.75) is 45.6 Å². The summed E-state index contributed by atoms with van der Waals surface area (Å²) in [6.07, 6.45) is 5.80. The number of hydrogen-bond donors (Lipinski definition) is 0. The number of hydrogen-bond acceptors (Lipinski definition) is 5. The fraction of sp³-hybridized carbons (Fsp3) is 0.455. The molecule has 0 radical (unpaired) electrons. The lowest BCUT2D eigenvalue weighted by Gasteiger charge is -2.39. The Morgan fingerprint density at radius 3 is 2.34 bits per heavy atom. The van der Waals surface area contributed by atoms with Gasteiger partial charge in [0.1, 0.15) is 5.69 Å². The molecule has 0 bridgehead atoms. The second kappa shape index (κ2) is 7.46. The Morgan fingerprint density at radius 1 is 1.00 bits per heavy atom. The molecule has 0 aromatic heterocycles. The van der Waals surface area contributed by atoms with Gasteiger partial charge in [0.15, 0.2) is 0 Å². The molecule has 1 aliphatic heterocycles. The molecule has 1 heterocycles. The first-order valence-corrected chi connectivity index (χ1v) is 10.1. The Balaban J connectivity index is 1.80. The van der Waals surface area contributed by atoms with E-state index in [1.165, 1.54) is 42.9 Å². The Labute approximate surface area is 169 Å². The summed E-state index contributed by atoms with van der Waals surface area (Å²) in [6.45, 7) is 3.57. The van der Waals surface area contributed by atoms with Crippen molar-refractivity contribution in [3.8, 4) is 0 Å². The zero-order valence-corrected chi connectivity index (χ0v) is 16.5. The van der Waals surface area contributed by atoms with Crippen LogP contribution >= 0.6 is 0 Å². The maximum absolute atomic E-state index is 11.7. The number of rotatable bonds is 4. The van der Waals surface area contributed by atoms with Crippen LogP contribution in [0.4, 0.5) is 17.1 Å². The summed E-state index contributed by atoms with van der Waals surface area (Å²) in [5.74, 6) is 0.577. The lowest BCUT2D eigenvalue weighted by atomic mass is 9.71. The normalized spacial score (nSPS) is 22.2. The Morgan fingerprint density at radius 2 is 1.69 bits per heavy atom. The molecule has 4 rings (SSSR count). The second-order valence-corrected chi connectivity index (χ2v) is 8.62. The van der Waals surface area contributed by atoms with E-state index in [-0.39, 0.29) is 16.8 Å². The number of anilines is 1. The van der Waals surface area contributed by atoms with Gasteiger partial charge in [-0.15, -0.1) is 0 Å². The summed E-state index contributed by atoms with van der Waals surface area (Å²) < 4.78 is 0. The van der Waals surface area contributed by atoms with Crippen molar-refractivity contribution >= 4 is 17.1 Å². The van der Waals surface area contributed by atoms with Crippen LogP contribution in [-0.4, -0.2) is 16.4 Å². The zero-order chi connectivity index (χ0) is 20.6. The molecule has 2 aromatic carbocycles. The molecule has 7 nitrogen and oxygen atoms in total. The van der Waals surface area contributed by atoms with E-state index < -0.39 is 9.85 Å². The second-order valence-electron chi connectivity index (χ2n) is 8.62. The summed E-state index contributed by atoms with van der Waals surface area (Å²) in [5, 5.41) is 22.9. The molecule has 1 atom stereocenters. The van der Waals surface area contributed by atoms with Gasteiger partial charge in [-0.05, 0) is 47.8 Å². The Bertz CT molecular complexity index is 955. The molecular weight excluding hydrogens is 370 g/mol. The molecule has 0 amide bonds. The molecule has 2 aromatic rings. The molecule has 1 aliphatic carbocycles. The van der Waals surface area contributed by atoms with Crippen molar-refractivity contribution in [1.29, 1.82) is 0 Å². The van der Waals surface area contributed by atoms with E-state index in [9.17, 15) is 20.2 Å². The van der Waals surface area contributed by atoms with Crippen LogP contribution in [0.25, 0.3) is 0 Å². The fourth-order valence-corrected chi connectivity index (χ4v) is 5.18. The van der Waals surface area contributed by atoms with Crippen molar-refractivity contribution in [2.24, 2.45) is 11.3 Å². The first-order chi connectivity index (χ1) is 13.9. The maximum atomic E-state index is 11.7. The number of nitrogens with zero attached hydrogens (tertiary/aromatic N) is 3. The fourth-order valence-electron chi connectivity index (χ4n) is 5.18. The minimum absolute atomic E-state index is 0.00124. The van der Waals surface area contributed by atoms with E-state index in [0.29, 0.717) is 24.7 Å². The van der Waals surface area contributed by atoms with E-state index in [1.54, 1.807) is 6.07 Å². The SMILES string of the molecule is CC1(C2CCCC2)Cc2ccccc2CN(c2ccc([N+](=O)[O-])cc2[N+](=O)[O-])C1. The molecule has 1 saturated carbocycles. The van der Waals surface area contributed by atoms with Crippen molar-refractivity contribution in [3.63, 3.8) is 0 Å².